The highest BCUT2D eigenvalue weighted by Crippen LogP contribution is 2.29. The number of para-hydroxylation sites is 2. The van der Waals surface area contributed by atoms with E-state index in [1.54, 1.807) is 35.7 Å². The normalized spacial score (nSPS) is 10.8. The van der Waals surface area contributed by atoms with Gasteiger partial charge in [0.25, 0.3) is 11.8 Å². The van der Waals surface area contributed by atoms with Crippen molar-refractivity contribution in [3.8, 4) is 0 Å². The Morgan fingerprint density at radius 2 is 0.877 bits per heavy atom. The highest BCUT2D eigenvalue weighted by Gasteiger charge is 2.21. The number of rotatable bonds is 24. The lowest BCUT2D eigenvalue weighted by Crippen LogP contribution is -2.29. The van der Waals surface area contributed by atoms with Gasteiger partial charge >= 0.3 is 11.9 Å². The smallest absolute Gasteiger partial charge is 0.418 e. The zero-order valence-electron chi connectivity index (χ0n) is 33.0. The summed E-state index contributed by atoms with van der Waals surface area (Å²) in [5.74, 6) is -2.14. The Bertz CT molecular complexity index is 1670. The second kappa shape index (κ2) is 27.1. The molecule has 0 aliphatic carbocycles. The average Bonchev–Trinajstić information content (AvgIpc) is 3.22. The molecule has 2 amide bonds. The van der Waals surface area contributed by atoms with Crippen LogP contribution in [-0.4, -0.2) is 104 Å². The van der Waals surface area contributed by atoms with Crippen molar-refractivity contribution in [2.75, 3.05) is 75.6 Å². The number of hydrogen-bond donors (Lipinski definition) is 2. The van der Waals surface area contributed by atoms with Crippen LogP contribution in [-0.2, 0) is 41.5 Å². The van der Waals surface area contributed by atoms with Crippen molar-refractivity contribution in [1.29, 1.82) is 0 Å². The van der Waals surface area contributed by atoms with Gasteiger partial charge < -0.3 is 35.4 Å². The van der Waals surface area contributed by atoms with Gasteiger partial charge in [0.15, 0.2) is 13.2 Å². The monoisotopic (exact) mass is 816 g/mol. The van der Waals surface area contributed by atoms with Crippen LogP contribution in [0.3, 0.4) is 0 Å². The van der Waals surface area contributed by atoms with Crippen molar-refractivity contribution in [1.82, 2.24) is 9.80 Å². The van der Waals surface area contributed by atoms with Crippen molar-refractivity contribution >= 4 is 58.7 Å². The highest BCUT2D eigenvalue weighted by molar-refractivity contribution is 7.99. The Balaban J connectivity index is 0.00000870. The van der Waals surface area contributed by atoms with Gasteiger partial charge in [0.05, 0.1) is 11.4 Å². The molecule has 0 spiro atoms. The maximum atomic E-state index is 12.6. The van der Waals surface area contributed by atoms with E-state index >= 15 is 0 Å². The first-order valence-electron chi connectivity index (χ1n) is 19.1. The summed E-state index contributed by atoms with van der Waals surface area (Å²) in [6, 6.07) is 35.8. The van der Waals surface area contributed by atoms with Crippen molar-refractivity contribution in [2.24, 2.45) is 0 Å². The minimum Gasteiger partial charge on any atom is -0.447 e. The number of benzene rings is 4. The number of thioether (sulfide) groups is 2. The van der Waals surface area contributed by atoms with Gasteiger partial charge in [-0.3, -0.25) is 9.59 Å². The van der Waals surface area contributed by atoms with E-state index in [9.17, 15) is 19.2 Å². The topological polar surface area (TPSA) is 149 Å². The molecular weight excluding hydrogens is 761 g/mol. The van der Waals surface area contributed by atoms with E-state index in [-0.39, 0.29) is 5.48 Å². The van der Waals surface area contributed by atoms with Gasteiger partial charge in [-0.2, -0.15) is 0 Å². The van der Waals surface area contributed by atoms with Gasteiger partial charge in [-0.25, -0.2) is 9.59 Å². The number of nitrogens with one attached hydrogen (secondary N) is 2. The molecule has 0 heterocycles. The Labute approximate surface area is 345 Å². The molecule has 0 unspecified atom stereocenters. The first-order valence-corrected chi connectivity index (χ1v) is 21.1. The Morgan fingerprint density at radius 1 is 0.509 bits per heavy atom. The number of nitrogens with zero attached hydrogens (tertiary/aromatic N) is 2. The molecule has 4 N–H and O–H groups in total. The molecule has 0 fully saturated rings. The molecule has 0 radical (unpaired) electrons. The van der Waals surface area contributed by atoms with Crippen molar-refractivity contribution in [2.45, 2.75) is 48.3 Å². The predicted molar refractivity (Wildman–Crippen MR) is 231 cm³/mol. The van der Waals surface area contributed by atoms with Crippen LogP contribution in [0, 0.1) is 0 Å². The minimum absolute atomic E-state index is 0. The lowest BCUT2D eigenvalue weighted by atomic mass is 10.1. The van der Waals surface area contributed by atoms with Crippen LogP contribution in [0.2, 0.25) is 0 Å². The van der Waals surface area contributed by atoms with Crippen molar-refractivity contribution < 1.29 is 34.1 Å². The molecule has 0 bridgehead atoms. The Morgan fingerprint density at radius 3 is 1.28 bits per heavy atom. The van der Waals surface area contributed by atoms with E-state index in [0.717, 1.165) is 86.0 Å². The summed E-state index contributed by atoms with van der Waals surface area (Å²) < 4.78 is 9.74. The zero-order chi connectivity index (χ0) is 39.8. The van der Waals surface area contributed by atoms with E-state index in [2.05, 4.69) is 83.1 Å². The lowest BCUT2D eigenvalue weighted by molar-refractivity contribution is -0.168. The number of carbonyl (C=O) groups excluding carboxylic acids is 4. The summed E-state index contributed by atoms with van der Waals surface area (Å²) in [5.41, 5.74) is 3.87. The minimum atomic E-state index is -1.36. The fourth-order valence-corrected chi connectivity index (χ4v) is 7.66. The molecule has 0 saturated heterocycles. The van der Waals surface area contributed by atoms with Crippen LogP contribution in [0.4, 0.5) is 11.4 Å². The Hall–Kier alpha value is -4.66. The van der Waals surface area contributed by atoms with Crippen LogP contribution in [0.25, 0.3) is 0 Å². The summed E-state index contributed by atoms with van der Waals surface area (Å²) in [6.07, 6.45) is 6.20. The van der Waals surface area contributed by atoms with E-state index in [1.165, 1.54) is 11.1 Å². The number of carbonyl (C=O) groups is 4. The summed E-state index contributed by atoms with van der Waals surface area (Å²) >= 11 is 3.28. The lowest BCUT2D eigenvalue weighted by Gasteiger charge is -2.16. The van der Waals surface area contributed by atoms with Crippen LogP contribution in [0.1, 0.15) is 36.8 Å². The van der Waals surface area contributed by atoms with E-state index < -0.39 is 37.0 Å². The molecule has 4 aromatic rings. The molecule has 0 aliphatic rings. The quantitative estimate of drug-likeness (QED) is 0.0342. The number of unbranched alkanes of at least 4 members (excludes halogenated alkanes) is 2. The number of amides is 2. The molecule has 4 aromatic carbocycles. The summed E-state index contributed by atoms with van der Waals surface area (Å²) in [4.78, 5) is 56.2. The first kappa shape index (κ1) is 46.7. The number of hydrogen-bond acceptors (Lipinski definition) is 10. The van der Waals surface area contributed by atoms with Gasteiger partial charge in [0.2, 0.25) is 0 Å². The van der Waals surface area contributed by atoms with Crippen LogP contribution in [0.5, 0.6) is 0 Å². The van der Waals surface area contributed by atoms with Gasteiger partial charge in [0.1, 0.15) is 0 Å². The molecular formula is C44H56N4O7S2. The molecule has 11 nitrogen and oxygen atoms in total. The highest BCUT2D eigenvalue weighted by atomic mass is 32.2. The number of likely N-dealkylation sites (N-methyl/N-ethyl adjacent to an activating group) is 2. The van der Waals surface area contributed by atoms with E-state index in [4.69, 9.17) is 9.47 Å². The average molecular weight is 817 g/mol. The third kappa shape index (κ3) is 18.9. The molecule has 0 saturated carbocycles. The largest absolute Gasteiger partial charge is 0.447 e. The fraction of sp³-hybridized carbons (Fsp3) is 0.364. The number of esters is 2. The zero-order valence-corrected chi connectivity index (χ0v) is 34.6. The van der Waals surface area contributed by atoms with Crippen LogP contribution >= 0.6 is 23.5 Å². The van der Waals surface area contributed by atoms with E-state index in [1.807, 2.05) is 48.5 Å². The molecule has 0 aromatic heterocycles. The molecule has 57 heavy (non-hydrogen) atoms. The fourth-order valence-electron chi connectivity index (χ4n) is 5.63. The van der Waals surface area contributed by atoms with Crippen LogP contribution < -0.4 is 10.6 Å². The predicted octanol–water partition coefficient (Wildman–Crippen LogP) is 6.62. The van der Waals surface area contributed by atoms with Crippen molar-refractivity contribution in [3.63, 3.8) is 0 Å². The van der Waals surface area contributed by atoms with Gasteiger partial charge in [0, 0.05) is 22.9 Å². The second-order valence-corrected chi connectivity index (χ2v) is 15.7. The second-order valence-electron chi connectivity index (χ2n) is 13.4. The molecule has 13 heteroatoms. The maximum Gasteiger partial charge on any atom is 0.418 e. The maximum absolute atomic E-state index is 12.6. The van der Waals surface area contributed by atoms with Crippen LogP contribution in [0.15, 0.2) is 119 Å². The van der Waals surface area contributed by atoms with E-state index in [0.29, 0.717) is 11.4 Å². The molecule has 0 atom stereocenters. The van der Waals surface area contributed by atoms with Gasteiger partial charge in [-0.15, -0.1) is 23.5 Å². The standard InChI is InChI=1S/C44H54N4O6S2.H2O/c1-47(29-25-35-17-5-3-6-18-35)27-13-15-31-55-39-23-11-9-21-37(39)45-41(49)33-53-43(51)44(52)54-34-42(50)46-38-22-10-12-24-40(38)56-32-16-14-28-48(2)30-26-36-19-7-4-8-20-36;/h3-12,17-24H,13-16,25-34H2,1-2H3,(H,45,49)(H,46,50);1H2. The molecule has 306 valence electrons. The van der Waals surface area contributed by atoms with Crippen molar-refractivity contribution in [3.05, 3.63) is 120 Å². The Kier molecular flexibility index (Phi) is 22.2. The SMILES string of the molecule is CN(CCCCSc1ccccc1NC(=O)COC(=O)C(=O)OCC(=O)Nc1ccccc1SCCCCN(C)CCc1ccccc1)CCc1ccccc1.O. The molecule has 0 aliphatic heterocycles. The third-order valence-corrected chi connectivity index (χ3v) is 11.1. The number of ether oxygens (including phenoxy) is 2. The summed E-state index contributed by atoms with van der Waals surface area (Å²) in [6.45, 7) is 2.67. The third-order valence-electron chi connectivity index (χ3n) is 8.79. The summed E-state index contributed by atoms with van der Waals surface area (Å²) in [7, 11) is 4.28. The van der Waals surface area contributed by atoms with Gasteiger partial charge in [-0.05, 0) is 113 Å². The molecule has 4 rings (SSSR count). The first-order chi connectivity index (χ1) is 27.3. The van der Waals surface area contributed by atoms with Gasteiger partial charge in [-0.1, -0.05) is 84.9 Å². The summed E-state index contributed by atoms with van der Waals surface area (Å²) in [5, 5.41) is 5.50. The number of anilines is 2.